The van der Waals surface area contributed by atoms with E-state index in [4.69, 9.17) is 5.11 Å². The summed E-state index contributed by atoms with van der Waals surface area (Å²) in [5.41, 5.74) is 1.91. The van der Waals surface area contributed by atoms with Crippen LogP contribution in [-0.4, -0.2) is 36.7 Å². The molecule has 2 N–H and O–H groups in total. The molecule has 0 bridgehead atoms. The minimum absolute atomic E-state index is 0.141. The van der Waals surface area contributed by atoms with E-state index in [9.17, 15) is 9.59 Å². The van der Waals surface area contributed by atoms with Crippen molar-refractivity contribution in [2.45, 2.75) is 19.4 Å². The van der Waals surface area contributed by atoms with Crippen LogP contribution in [0.5, 0.6) is 0 Å². The third kappa shape index (κ3) is 4.18. The van der Waals surface area contributed by atoms with Crippen LogP contribution in [0.1, 0.15) is 11.1 Å². The molecule has 0 heterocycles. The molecule has 5 nitrogen and oxygen atoms in total. The number of hydrogen-bond donors (Lipinski definition) is 2. The van der Waals surface area contributed by atoms with Crippen LogP contribution in [0.3, 0.4) is 0 Å². The van der Waals surface area contributed by atoms with Crippen molar-refractivity contribution in [3.8, 4) is 0 Å². The second-order valence-electron chi connectivity index (χ2n) is 4.02. The van der Waals surface area contributed by atoms with Gasteiger partial charge in [-0.1, -0.05) is 24.3 Å². The Morgan fingerprint density at radius 1 is 1.39 bits per heavy atom. The predicted molar refractivity (Wildman–Crippen MR) is 66.3 cm³/mol. The number of benzene rings is 1. The Hall–Kier alpha value is -1.88. The Morgan fingerprint density at radius 2 is 2.06 bits per heavy atom. The maximum atomic E-state index is 11.3. The van der Waals surface area contributed by atoms with Gasteiger partial charge in [-0.15, -0.1) is 0 Å². The average Bonchev–Trinajstić information content (AvgIpc) is 2.31. The lowest BCUT2D eigenvalue weighted by molar-refractivity contribution is -0.142. The van der Waals surface area contributed by atoms with Crippen molar-refractivity contribution < 1.29 is 19.4 Å². The SMILES string of the molecule is COCC(=O)N[C@@H](Cc1ccccc1C)C(=O)O. The van der Waals surface area contributed by atoms with Crippen molar-refractivity contribution in [3.05, 3.63) is 35.4 Å². The van der Waals surface area contributed by atoms with Crippen molar-refractivity contribution in [2.75, 3.05) is 13.7 Å². The number of carboxylic acid groups (broad SMARTS) is 1. The lowest BCUT2D eigenvalue weighted by Gasteiger charge is -2.15. The van der Waals surface area contributed by atoms with Crippen LogP contribution in [0.2, 0.25) is 0 Å². The molecule has 0 aliphatic heterocycles. The van der Waals surface area contributed by atoms with Crippen molar-refractivity contribution >= 4 is 11.9 Å². The fraction of sp³-hybridized carbons (Fsp3) is 0.385. The van der Waals surface area contributed by atoms with Crippen molar-refractivity contribution in [3.63, 3.8) is 0 Å². The summed E-state index contributed by atoms with van der Waals surface area (Å²) in [6, 6.07) is 6.56. The highest BCUT2D eigenvalue weighted by molar-refractivity contribution is 5.84. The van der Waals surface area contributed by atoms with Gasteiger partial charge >= 0.3 is 5.97 Å². The van der Waals surface area contributed by atoms with Crippen LogP contribution in [0, 0.1) is 6.92 Å². The molecule has 0 saturated heterocycles. The predicted octanol–water partition coefficient (Wildman–Crippen LogP) is 0.753. The first-order chi connectivity index (χ1) is 8.54. The van der Waals surface area contributed by atoms with Gasteiger partial charge in [-0.05, 0) is 18.1 Å². The topological polar surface area (TPSA) is 75.6 Å². The van der Waals surface area contributed by atoms with Gasteiger partial charge in [0.1, 0.15) is 12.6 Å². The highest BCUT2D eigenvalue weighted by atomic mass is 16.5. The molecule has 0 radical (unpaired) electrons. The summed E-state index contributed by atoms with van der Waals surface area (Å²) in [6.07, 6.45) is 0.261. The molecule has 1 aromatic rings. The molecule has 18 heavy (non-hydrogen) atoms. The van der Waals surface area contributed by atoms with E-state index in [1.165, 1.54) is 7.11 Å². The minimum Gasteiger partial charge on any atom is -0.480 e. The van der Waals surface area contributed by atoms with Gasteiger partial charge in [0.25, 0.3) is 0 Å². The van der Waals surface area contributed by atoms with Gasteiger partial charge < -0.3 is 15.2 Å². The van der Waals surface area contributed by atoms with E-state index in [-0.39, 0.29) is 13.0 Å². The molecule has 1 rings (SSSR count). The fourth-order valence-electron chi connectivity index (χ4n) is 1.63. The Labute approximate surface area is 106 Å². The summed E-state index contributed by atoms with van der Waals surface area (Å²) in [5, 5.41) is 11.5. The van der Waals surface area contributed by atoms with Gasteiger partial charge in [0.05, 0.1) is 0 Å². The van der Waals surface area contributed by atoms with Gasteiger partial charge in [0.2, 0.25) is 5.91 Å². The van der Waals surface area contributed by atoms with Gasteiger partial charge in [0, 0.05) is 13.5 Å². The van der Waals surface area contributed by atoms with E-state index in [0.717, 1.165) is 11.1 Å². The summed E-state index contributed by atoms with van der Waals surface area (Å²) >= 11 is 0. The largest absolute Gasteiger partial charge is 0.480 e. The van der Waals surface area contributed by atoms with E-state index in [1.54, 1.807) is 0 Å². The monoisotopic (exact) mass is 251 g/mol. The van der Waals surface area contributed by atoms with Crippen LogP contribution in [-0.2, 0) is 20.7 Å². The normalized spacial score (nSPS) is 11.9. The molecular formula is C13H17NO4. The Balaban J connectivity index is 2.72. The van der Waals surface area contributed by atoms with Crippen molar-refractivity contribution in [2.24, 2.45) is 0 Å². The summed E-state index contributed by atoms with van der Waals surface area (Å²) in [7, 11) is 1.39. The van der Waals surface area contributed by atoms with Crippen LogP contribution >= 0.6 is 0 Å². The van der Waals surface area contributed by atoms with Crippen LogP contribution in [0.15, 0.2) is 24.3 Å². The number of carbonyl (C=O) groups is 2. The molecule has 0 saturated carbocycles. The third-order valence-electron chi connectivity index (χ3n) is 2.59. The van der Waals surface area contributed by atoms with E-state index in [2.05, 4.69) is 10.1 Å². The molecule has 0 unspecified atom stereocenters. The highest BCUT2D eigenvalue weighted by Crippen LogP contribution is 2.10. The second kappa shape index (κ2) is 6.76. The zero-order valence-corrected chi connectivity index (χ0v) is 10.5. The smallest absolute Gasteiger partial charge is 0.326 e. The molecule has 1 amide bonds. The van der Waals surface area contributed by atoms with Crippen LogP contribution in [0.4, 0.5) is 0 Å². The standard InChI is InChI=1S/C13H17NO4/c1-9-5-3-4-6-10(9)7-11(13(16)17)14-12(15)8-18-2/h3-6,11H,7-8H2,1-2H3,(H,14,15)(H,16,17)/t11-/m0/s1. The van der Waals surface area contributed by atoms with Crippen molar-refractivity contribution in [1.82, 2.24) is 5.32 Å². The van der Waals surface area contributed by atoms with Gasteiger partial charge in [-0.2, -0.15) is 0 Å². The van der Waals surface area contributed by atoms with Crippen LogP contribution in [0.25, 0.3) is 0 Å². The van der Waals surface area contributed by atoms with E-state index in [0.29, 0.717) is 0 Å². The van der Waals surface area contributed by atoms with Crippen LogP contribution < -0.4 is 5.32 Å². The number of carbonyl (C=O) groups excluding carboxylic acids is 1. The molecule has 0 aromatic heterocycles. The number of nitrogens with one attached hydrogen (secondary N) is 1. The maximum absolute atomic E-state index is 11.3. The molecule has 1 aromatic carbocycles. The molecular weight excluding hydrogens is 234 g/mol. The number of ether oxygens (including phenoxy) is 1. The number of aliphatic carboxylic acids is 1. The van der Waals surface area contributed by atoms with E-state index in [1.807, 2.05) is 31.2 Å². The highest BCUT2D eigenvalue weighted by Gasteiger charge is 2.20. The molecule has 0 fully saturated rings. The second-order valence-corrected chi connectivity index (χ2v) is 4.02. The van der Waals surface area contributed by atoms with Gasteiger partial charge in [-0.25, -0.2) is 4.79 Å². The Bertz CT molecular complexity index is 431. The first kappa shape index (κ1) is 14.2. The van der Waals surface area contributed by atoms with E-state index < -0.39 is 17.9 Å². The molecule has 5 heteroatoms. The quantitative estimate of drug-likeness (QED) is 0.782. The Kier molecular flexibility index (Phi) is 5.32. The number of carboxylic acids is 1. The summed E-state index contributed by atoms with van der Waals surface area (Å²) in [4.78, 5) is 22.4. The van der Waals surface area contributed by atoms with E-state index >= 15 is 0 Å². The fourth-order valence-corrected chi connectivity index (χ4v) is 1.63. The lowest BCUT2D eigenvalue weighted by Crippen LogP contribution is -2.43. The zero-order chi connectivity index (χ0) is 13.5. The first-order valence-electron chi connectivity index (χ1n) is 5.60. The molecule has 98 valence electrons. The number of aryl methyl sites for hydroxylation is 1. The lowest BCUT2D eigenvalue weighted by atomic mass is 10.0. The average molecular weight is 251 g/mol. The number of amides is 1. The maximum Gasteiger partial charge on any atom is 0.326 e. The van der Waals surface area contributed by atoms with Gasteiger partial charge in [0.15, 0.2) is 0 Å². The molecule has 1 atom stereocenters. The molecule has 0 aliphatic carbocycles. The number of methoxy groups -OCH3 is 1. The summed E-state index contributed by atoms with van der Waals surface area (Å²) in [5.74, 6) is -1.49. The zero-order valence-electron chi connectivity index (χ0n) is 10.5. The first-order valence-corrected chi connectivity index (χ1v) is 5.60. The van der Waals surface area contributed by atoms with Crippen molar-refractivity contribution in [1.29, 1.82) is 0 Å². The molecule has 0 spiro atoms. The number of rotatable bonds is 6. The minimum atomic E-state index is -1.05. The Morgan fingerprint density at radius 3 is 2.61 bits per heavy atom. The summed E-state index contributed by atoms with van der Waals surface area (Å²) < 4.78 is 4.65. The number of hydrogen-bond acceptors (Lipinski definition) is 3. The summed E-state index contributed by atoms with van der Waals surface area (Å²) in [6.45, 7) is 1.77. The third-order valence-corrected chi connectivity index (χ3v) is 2.59. The molecule has 0 aliphatic rings. The van der Waals surface area contributed by atoms with Gasteiger partial charge in [-0.3, -0.25) is 4.79 Å².